The molecule has 8 N–H and O–H groups in total. The predicted octanol–water partition coefficient (Wildman–Crippen LogP) is -5.41. The molecule has 1 amide bonds. The first-order valence-electron chi connectivity index (χ1n) is 7.83. The summed E-state index contributed by atoms with van der Waals surface area (Å²) < 4.78 is 10.5. The van der Waals surface area contributed by atoms with E-state index < -0.39 is 74.2 Å². The zero-order valence-electron chi connectivity index (χ0n) is 14.0. The molecule has 0 unspecified atom stereocenters. The van der Waals surface area contributed by atoms with E-state index in [1.807, 2.05) is 0 Å². The van der Waals surface area contributed by atoms with E-state index in [0.717, 1.165) is 6.92 Å². The molecule has 152 valence electrons. The summed E-state index contributed by atoms with van der Waals surface area (Å²) in [6.45, 7) is -0.531. The first-order chi connectivity index (χ1) is 12.2. The Balaban J connectivity index is 3.09. The topological polar surface area (TPSA) is 206 Å². The van der Waals surface area contributed by atoms with Crippen LogP contribution in [0.15, 0.2) is 0 Å². The van der Waals surface area contributed by atoms with Crippen LogP contribution in [0.2, 0.25) is 0 Å². The Bertz CT molecular complexity index is 464. The maximum atomic E-state index is 11.3. The summed E-state index contributed by atoms with van der Waals surface area (Å²) in [6.07, 6.45) is -13.6. The fourth-order valence-electron chi connectivity index (χ4n) is 2.52. The molecule has 0 aromatic carbocycles. The van der Waals surface area contributed by atoms with Crippen LogP contribution in [0, 0.1) is 0 Å². The van der Waals surface area contributed by atoms with Crippen molar-refractivity contribution in [1.82, 2.24) is 5.32 Å². The minimum atomic E-state index is -1.98. The van der Waals surface area contributed by atoms with Gasteiger partial charge in [0.05, 0.1) is 13.2 Å². The van der Waals surface area contributed by atoms with Gasteiger partial charge in [0.15, 0.2) is 12.6 Å². The van der Waals surface area contributed by atoms with Gasteiger partial charge in [-0.15, -0.1) is 0 Å². The van der Waals surface area contributed by atoms with Gasteiger partial charge in [-0.2, -0.15) is 0 Å². The van der Waals surface area contributed by atoms with Gasteiger partial charge in [0.2, 0.25) is 5.91 Å². The molecule has 26 heavy (non-hydrogen) atoms. The molecule has 0 radical (unpaired) electrons. The summed E-state index contributed by atoms with van der Waals surface area (Å²) in [5, 5.41) is 69.8. The summed E-state index contributed by atoms with van der Waals surface area (Å²) in [6, 6.07) is -1.38. The van der Waals surface area contributed by atoms with Crippen LogP contribution in [0.1, 0.15) is 6.92 Å². The average Bonchev–Trinajstić information content (AvgIpc) is 2.62. The van der Waals surface area contributed by atoms with Gasteiger partial charge in [-0.05, 0) is 0 Å². The third-order valence-corrected chi connectivity index (χ3v) is 3.93. The highest BCUT2D eigenvalue weighted by molar-refractivity contribution is 5.73. The predicted molar refractivity (Wildman–Crippen MR) is 81.4 cm³/mol. The lowest BCUT2D eigenvalue weighted by Gasteiger charge is -2.44. The van der Waals surface area contributed by atoms with Gasteiger partial charge in [-0.25, -0.2) is 0 Å². The molecule has 0 aromatic rings. The highest BCUT2D eigenvalue weighted by Gasteiger charge is 2.47. The van der Waals surface area contributed by atoms with E-state index in [-0.39, 0.29) is 6.29 Å². The third-order valence-electron chi connectivity index (χ3n) is 3.93. The molecule has 1 fully saturated rings. The molecule has 1 saturated heterocycles. The second kappa shape index (κ2) is 10.2. The minimum absolute atomic E-state index is 0.0206. The second-order valence-corrected chi connectivity index (χ2v) is 5.90. The zero-order valence-corrected chi connectivity index (χ0v) is 14.0. The van der Waals surface area contributed by atoms with Crippen molar-refractivity contribution in [1.29, 1.82) is 0 Å². The number of ether oxygens (including phenoxy) is 2. The summed E-state index contributed by atoms with van der Waals surface area (Å²) in [5.41, 5.74) is 0. The summed E-state index contributed by atoms with van der Waals surface area (Å²) in [5.74, 6) is -0.631. The largest absolute Gasteiger partial charge is 0.394 e. The number of aldehydes is 1. The van der Waals surface area contributed by atoms with Gasteiger partial charge in [-0.3, -0.25) is 4.79 Å². The molecule has 12 nitrogen and oxygen atoms in total. The van der Waals surface area contributed by atoms with Crippen molar-refractivity contribution < 1.29 is 54.8 Å². The molecular weight excluding hydrogens is 358 g/mol. The van der Waals surface area contributed by atoms with Gasteiger partial charge >= 0.3 is 0 Å². The monoisotopic (exact) mass is 383 g/mol. The summed E-state index contributed by atoms with van der Waals surface area (Å²) in [7, 11) is 0. The molecule has 9 atom stereocenters. The van der Waals surface area contributed by atoms with Crippen molar-refractivity contribution in [3.8, 4) is 0 Å². The van der Waals surface area contributed by atoms with Crippen LogP contribution in [0.4, 0.5) is 0 Å². The number of aliphatic hydroxyl groups is 7. The molecule has 0 aromatic heterocycles. The van der Waals surface area contributed by atoms with Crippen LogP contribution in [-0.2, 0) is 19.1 Å². The van der Waals surface area contributed by atoms with Crippen molar-refractivity contribution in [3.05, 3.63) is 0 Å². The molecule has 1 heterocycles. The normalized spacial score (nSPS) is 33.8. The van der Waals surface area contributed by atoms with Gasteiger partial charge in [0.25, 0.3) is 0 Å². The molecule has 0 saturated carbocycles. The Morgan fingerprint density at radius 1 is 1.23 bits per heavy atom. The highest BCUT2D eigenvalue weighted by Crippen LogP contribution is 2.25. The van der Waals surface area contributed by atoms with Crippen molar-refractivity contribution >= 4 is 12.2 Å². The van der Waals surface area contributed by atoms with Crippen molar-refractivity contribution in [2.24, 2.45) is 0 Å². The second-order valence-electron chi connectivity index (χ2n) is 5.90. The lowest BCUT2D eigenvalue weighted by molar-refractivity contribution is -0.301. The number of nitrogens with one attached hydrogen (secondary N) is 1. The Kier molecular flexibility index (Phi) is 8.95. The quantitative estimate of drug-likeness (QED) is 0.176. The van der Waals surface area contributed by atoms with Gasteiger partial charge in [0, 0.05) is 6.92 Å². The van der Waals surface area contributed by atoms with Crippen LogP contribution in [0.25, 0.3) is 0 Å². The third kappa shape index (κ3) is 5.39. The number of aliphatic hydroxyl groups excluding tert-OH is 7. The number of rotatable bonds is 9. The fourth-order valence-corrected chi connectivity index (χ4v) is 2.52. The Morgan fingerprint density at radius 3 is 2.31 bits per heavy atom. The van der Waals surface area contributed by atoms with Crippen molar-refractivity contribution in [2.75, 3.05) is 13.2 Å². The average molecular weight is 383 g/mol. The van der Waals surface area contributed by atoms with E-state index in [9.17, 15) is 40.2 Å². The first-order valence-corrected chi connectivity index (χ1v) is 7.83. The van der Waals surface area contributed by atoms with Crippen LogP contribution in [0.5, 0.6) is 0 Å². The van der Waals surface area contributed by atoms with Crippen LogP contribution in [-0.4, -0.2) is 116 Å². The van der Waals surface area contributed by atoms with E-state index in [1.165, 1.54) is 0 Å². The van der Waals surface area contributed by atoms with Gasteiger partial charge in [-0.1, -0.05) is 0 Å². The lowest BCUT2D eigenvalue weighted by Crippen LogP contribution is -2.66. The number of amides is 1. The van der Waals surface area contributed by atoms with Crippen molar-refractivity contribution in [3.63, 3.8) is 0 Å². The number of hydrogen-bond donors (Lipinski definition) is 8. The van der Waals surface area contributed by atoms with Crippen LogP contribution < -0.4 is 5.32 Å². The fraction of sp³-hybridized carbons (Fsp3) is 0.857. The van der Waals surface area contributed by atoms with E-state index in [1.54, 1.807) is 0 Å². The lowest BCUT2D eigenvalue weighted by atomic mass is 9.96. The smallest absolute Gasteiger partial charge is 0.217 e. The molecule has 0 bridgehead atoms. The van der Waals surface area contributed by atoms with Gasteiger partial charge in [0.1, 0.15) is 48.8 Å². The number of carbonyl (C=O) groups is 2. The summed E-state index contributed by atoms with van der Waals surface area (Å²) in [4.78, 5) is 22.0. The zero-order chi connectivity index (χ0) is 20.0. The molecule has 0 spiro atoms. The summed E-state index contributed by atoms with van der Waals surface area (Å²) >= 11 is 0. The highest BCUT2D eigenvalue weighted by atomic mass is 16.7. The Hall–Kier alpha value is -1.22. The van der Waals surface area contributed by atoms with Gasteiger partial charge < -0.3 is 55.3 Å². The Morgan fingerprint density at radius 2 is 1.85 bits per heavy atom. The molecule has 1 rings (SSSR count). The molecule has 1 aliphatic heterocycles. The van der Waals surface area contributed by atoms with Crippen LogP contribution >= 0.6 is 0 Å². The molecular formula is C14H25NO11. The molecule has 0 aliphatic carbocycles. The van der Waals surface area contributed by atoms with E-state index in [0.29, 0.717) is 0 Å². The SMILES string of the molecule is CC(=O)N[C@H]1[C@H](O[C@@H]([C@H](O)[C@@H](O)C=O)[C@H](O)CO)O[C@H](CO)[C@H](O)[C@@H]1O. The van der Waals surface area contributed by atoms with Crippen molar-refractivity contribution in [2.45, 2.75) is 62.0 Å². The molecule has 1 aliphatic rings. The maximum absolute atomic E-state index is 11.3. The minimum Gasteiger partial charge on any atom is -0.394 e. The van der Waals surface area contributed by atoms with E-state index in [2.05, 4.69) is 5.32 Å². The standard InChI is InChI=1S/C14H25NO11/c1-5(19)15-9-12(24)11(23)8(4-18)25-14(9)26-13(7(21)3-17)10(22)6(20)2-16/h2,6-14,17-18,20-24H,3-4H2,1H3,(H,15,19)/t6-,7+,8+,9+,10+,11-,12+,13+,14-/m0/s1. The first kappa shape index (κ1) is 22.8. The van der Waals surface area contributed by atoms with E-state index >= 15 is 0 Å². The maximum Gasteiger partial charge on any atom is 0.217 e. The number of hydrogen-bond acceptors (Lipinski definition) is 11. The number of carbonyl (C=O) groups excluding carboxylic acids is 2. The van der Waals surface area contributed by atoms with E-state index in [4.69, 9.17) is 14.6 Å². The molecule has 12 heteroatoms. The van der Waals surface area contributed by atoms with Crippen LogP contribution in [0.3, 0.4) is 0 Å². The Labute approximate surface area is 148 Å².